The fourth-order valence-electron chi connectivity index (χ4n) is 2.40. The van der Waals surface area contributed by atoms with E-state index in [0.29, 0.717) is 36.9 Å². The Morgan fingerprint density at radius 1 is 1.63 bits per heavy atom. The molecule has 0 saturated heterocycles. The zero-order chi connectivity index (χ0) is 13.9. The van der Waals surface area contributed by atoms with Crippen molar-refractivity contribution < 1.29 is 9.53 Å². The molecule has 0 aromatic carbocycles. The van der Waals surface area contributed by atoms with Gasteiger partial charge < -0.3 is 10.1 Å². The molecule has 19 heavy (non-hydrogen) atoms. The summed E-state index contributed by atoms with van der Waals surface area (Å²) in [6, 6.07) is 5.56. The Labute approximate surface area is 112 Å². The van der Waals surface area contributed by atoms with Gasteiger partial charge in [0.25, 0.3) is 0 Å². The first-order chi connectivity index (χ1) is 9.09. The van der Waals surface area contributed by atoms with E-state index in [0.717, 1.165) is 0 Å². The van der Waals surface area contributed by atoms with Crippen molar-refractivity contribution in [2.75, 3.05) is 11.9 Å². The zero-order valence-corrected chi connectivity index (χ0v) is 11.1. The van der Waals surface area contributed by atoms with E-state index in [1.807, 2.05) is 13.8 Å². The van der Waals surface area contributed by atoms with Crippen LogP contribution in [-0.2, 0) is 4.79 Å². The van der Waals surface area contributed by atoms with Crippen LogP contribution in [0, 0.1) is 22.7 Å². The summed E-state index contributed by atoms with van der Waals surface area (Å²) in [5.41, 5.74) is -0.277. The van der Waals surface area contributed by atoms with Gasteiger partial charge in [-0.05, 0) is 31.7 Å². The molecule has 1 heterocycles. The van der Waals surface area contributed by atoms with Gasteiger partial charge in [-0.3, -0.25) is 4.79 Å². The van der Waals surface area contributed by atoms with Crippen LogP contribution in [0.4, 0.5) is 5.69 Å². The molecule has 2 rings (SSSR count). The smallest absolute Gasteiger partial charge is 0.244 e. The molecule has 0 radical (unpaired) electrons. The maximum atomic E-state index is 12.1. The van der Waals surface area contributed by atoms with Crippen LogP contribution in [0.25, 0.3) is 0 Å². The van der Waals surface area contributed by atoms with Gasteiger partial charge in [-0.25, -0.2) is 4.98 Å². The van der Waals surface area contributed by atoms with Crippen molar-refractivity contribution in [3.05, 3.63) is 18.3 Å². The third-order valence-corrected chi connectivity index (χ3v) is 3.33. The molecule has 0 unspecified atom stereocenters. The van der Waals surface area contributed by atoms with Crippen LogP contribution < -0.4 is 10.1 Å². The highest BCUT2D eigenvalue weighted by Crippen LogP contribution is 2.45. The Morgan fingerprint density at radius 2 is 2.37 bits per heavy atom. The highest BCUT2D eigenvalue weighted by Gasteiger charge is 2.48. The van der Waals surface area contributed by atoms with Crippen molar-refractivity contribution in [1.82, 2.24) is 4.98 Å². The van der Waals surface area contributed by atoms with Gasteiger partial charge in [-0.15, -0.1) is 0 Å². The van der Waals surface area contributed by atoms with Gasteiger partial charge in [0, 0.05) is 6.07 Å². The Kier molecular flexibility index (Phi) is 3.70. The van der Waals surface area contributed by atoms with Crippen molar-refractivity contribution in [3.8, 4) is 11.9 Å². The van der Waals surface area contributed by atoms with Crippen LogP contribution in [0.3, 0.4) is 0 Å². The summed E-state index contributed by atoms with van der Waals surface area (Å²) in [4.78, 5) is 16.2. The van der Waals surface area contributed by atoms with Crippen molar-refractivity contribution in [1.29, 1.82) is 5.26 Å². The minimum absolute atomic E-state index is 0.237. The largest absolute Gasteiger partial charge is 0.478 e. The van der Waals surface area contributed by atoms with E-state index in [1.54, 1.807) is 12.1 Å². The molecular formula is C14H17N3O2. The number of ether oxygens (including phenoxy) is 1. The van der Waals surface area contributed by atoms with Gasteiger partial charge in [-0.2, -0.15) is 5.26 Å². The summed E-state index contributed by atoms with van der Waals surface area (Å²) in [6.45, 7) is 4.47. The summed E-state index contributed by atoms with van der Waals surface area (Å²) in [6.07, 6.45) is 2.79. The molecule has 100 valence electrons. The summed E-state index contributed by atoms with van der Waals surface area (Å²) < 4.78 is 5.22. The first-order valence-electron chi connectivity index (χ1n) is 6.41. The highest BCUT2D eigenvalue weighted by molar-refractivity contribution is 5.97. The number of nitrogens with zero attached hydrogens (tertiary/aromatic N) is 2. The number of carbonyl (C=O) groups is 1. The van der Waals surface area contributed by atoms with Crippen LogP contribution >= 0.6 is 0 Å². The summed E-state index contributed by atoms with van der Waals surface area (Å²) in [5.74, 6) is 0.718. The Bertz CT molecular complexity index is 498. The van der Waals surface area contributed by atoms with Crippen LogP contribution in [0.5, 0.6) is 5.88 Å². The molecule has 1 aliphatic carbocycles. The third-order valence-electron chi connectivity index (χ3n) is 3.33. The molecule has 1 N–H and O–H groups in total. The van der Waals surface area contributed by atoms with Gasteiger partial charge in [0.2, 0.25) is 11.8 Å². The fraction of sp³-hybridized carbons (Fsp3) is 0.500. The maximum Gasteiger partial charge on any atom is 0.244 e. The van der Waals surface area contributed by atoms with Crippen molar-refractivity contribution in [2.24, 2.45) is 11.3 Å². The van der Waals surface area contributed by atoms with Crippen LogP contribution in [0.15, 0.2) is 18.3 Å². The molecular weight excluding hydrogens is 242 g/mol. The van der Waals surface area contributed by atoms with Crippen molar-refractivity contribution >= 4 is 11.6 Å². The molecule has 1 fully saturated rings. The highest BCUT2D eigenvalue weighted by atomic mass is 16.5. The van der Waals surface area contributed by atoms with Crippen molar-refractivity contribution in [3.63, 3.8) is 0 Å². The van der Waals surface area contributed by atoms with Gasteiger partial charge in [0.05, 0.1) is 24.6 Å². The topological polar surface area (TPSA) is 75.0 Å². The number of rotatable bonds is 4. The molecule has 1 aliphatic rings. The second-order valence-electron chi connectivity index (χ2n) is 4.98. The second kappa shape index (κ2) is 5.27. The molecule has 0 spiro atoms. The first kappa shape index (κ1) is 13.3. The minimum Gasteiger partial charge on any atom is -0.478 e. The van der Waals surface area contributed by atoms with E-state index >= 15 is 0 Å². The number of pyridine rings is 1. The molecule has 0 aliphatic heterocycles. The number of anilines is 1. The normalized spacial score (nSPS) is 25.0. The first-order valence-corrected chi connectivity index (χ1v) is 6.41. The predicted molar refractivity (Wildman–Crippen MR) is 70.5 cm³/mol. The lowest BCUT2D eigenvalue weighted by atomic mass is 9.63. The average molecular weight is 259 g/mol. The fourth-order valence-corrected chi connectivity index (χ4v) is 2.40. The third kappa shape index (κ3) is 2.68. The van der Waals surface area contributed by atoms with Gasteiger partial charge in [0.1, 0.15) is 5.41 Å². The number of nitriles is 1. The molecule has 1 saturated carbocycles. The van der Waals surface area contributed by atoms with Gasteiger partial charge in [0.15, 0.2) is 0 Å². The standard InChI is InChI=1S/C14H17N3O2/c1-3-19-12-5-4-11(8-16-12)17-13(18)14(9-15)6-10(2)7-14/h4-5,8,10H,3,6-7H2,1-2H3,(H,17,18). The lowest BCUT2D eigenvalue weighted by Gasteiger charge is -2.39. The van der Waals surface area contributed by atoms with Gasteiger partial charge >= 0.3 is 0 Å². The molecule has 1 aromatic rings. The number of carbonyl (C=O) groups excluding carboxylic acids is 1. The molecule has 1 aromatic heterocycles. The average Bonchev–Trinajstić information content (AvgIpc) is 2.37. The molecule has 5 nitrogen and oxygen atoms in total. The van der Waals surface area contributed by atoms with E-state index in [4.69, 9.17) is 4.74 Å². The minimum atomic E-state index is -0.863. The summed E-state index contributed by atoms with van der Waals surface area (Å²) in [5, 5.41) is 11.9. The lowest BCUT2D eigenvalue weighted by Crippen LogP contribution is -2.45. The van der Waals surface area contributed by atoms with Gasteiger partial charge in [-0.1, -0.05) is 6.92 Å². The molecule has 0 bridgehead atoms. The van der Waals surface area contributed by atoms with Crippen LogP contribution in [0.1, 0.15) is 26.7 Å². The Morgan fingerprint density at radius 3 is 2.84 bits per heavy atom. The van der Waals surface area contributed by atoms with Crippen LogP contribution in [-0.4, -0.2) is 17.5 Å². The molecule has 5 heteroatoms. The Hall–Kier alpha value is -2.09. The van der Waals surface area contributed by atoms with E-state index in [2.05, 4.69) is 16.4 Å². The van der Waals surface area contributed by atoms with Crippen molar-refractivity contribution in [2.45, 2.75) is 26.7 Å². The Balaban J connectivity index is 2.01. The maximum absolute atomic E-state index is 12.1. The number of hydrogen-bond donors (Lipinski definition) is 1. The number of aromatic nitrogens is 1. The number of nitrogens with one attached hydrogen (secondary N) is 1. The predicted octanol–water partition coefficient (Wildman–Crippen LogP) is 2.36. The van der Waals surface area contributed by atoms with E-state index in [9.17, 15) is 10.1 Å². The van der Waals surface area contributed by atoms with E-state index in [1.165, 1.54) is 6.20 Å². The number of amides is 1. The monoisotopic (exact) mass is 259 g/mol. The summed E-state index contributed by atoms with van der Waals surface area (Å²) in [7, 11) is 0. The molecule has 1 amide bonds. The van der Waals surface area contributed by atoms with E-state index < -0.39 is 5.41 Å². The zero-order valence-electron chi connectivity index (χ0n) is 11.1. The van der Waals surface area contributed by atoms with E-state index in [-0.39, 0.29) is 5.91 Å². The summed E-state index contributed by atoms with van der Waals surface area (Å²) >= 11 is 0. The SMILES string of the molecule is CCOc1ccc(NC(=O)C2(C#N)CC(C)C2)cn1. The second-order valence-corrected chi connectivity index (χ2v) is 4.98. The number of hydrogen-bond acceptors (Lipinski definition) is 4. The van der Waals surface area contributed by atoms with Crippen LogP contribution in [0.2, 0.25) is 0 Å². The molecule has 0 atom stereocenters. The quantitative estimate of drug-likeness (QED) is 0.900. The lowest BCUT2D eigenvalue weighted by molar-refractivity contribution is -0.128.